The van der Waals surface area contributed by atoms with Gasteiger partial charge in [0.25, 0.3) is 0 Å². The molecule has 2 aromatic rings. The van der Waals surface area contributed by atoms with Gasteiger partial charge in [-0.25, -0.2) is 0 Å². The van der Waals surface area contributed by atoms with E-state index in [-0.39, 0.29) is 0 Å². The number of benzene rings is 1. The van der Waals surface area contributed by atoms with Crippen molar-refractivity contribution in [1.29, 1.82) is 0 Å². The molecule has 0 amide bonds. The normalized spacial score (nSPS) is 25.3. The lowest BCUT2D eigenvalue weighted by Gasteiger charge is -2.44. The van der Waals surface area contributed by atoms with Crippen LogP contribution in [0.15, 0.2) is 30.5 Å². The third-order valence-electron chi connectivity index (χ3n) is 5.49. The summed E-state index contributed by atoms with van der Waals surface area (Å²) in [6.45, 7) is 3.67. The van der Waals surface area contributed by atoms with Crippen LogP contribution in [0.5, 0.6) is 0 Å². The quantitative estimate of drug-likeness (QED) is 0.894. The van der Waals surface area contributed by atoms with E-state index in [1.165, 1.54) is 50.9 Å². The number of pyridine rings is 1. The molecule has 4 heteroatoms. The van der Waals surface area contributed by atoms with Crippen LogP contribution < -0.4 is 5.32 Å². The highest BCUT2D eigenvalue weighted by Gasteiger charge is 2.32. The predicted molar refractivity (Wildman–Crippen MR) is 97.2 cm³/mol. The van der Waals surface area contributed by atoms with Crippen molar-refractivity contribution in [3.05, 3.63) is 35.5 Å². The molecule has 0 unspecified atom stereocenters. The number of hydrogen-bond donors (Lipinski definition) is 1. The van der Waals surface area contributed by atoms with Crippen molar-refractivity contribution in [1.82, 2.24) is 9.88 Å². The van der Waals surface area contributed by atoms with E-state index in [1.54, 1.807) is 0 Å². The van der Waals surface area contributed by atoms with E-state index in [2.05, 4.69) is 27.3 Å². The van der Waals surface area contributed by atoms with Crippen molar-refractivity contribution in [3.63, 3.8) is 0 Å². The second-order valence-electron chi connectivity index (χ2n) is 6.90. The Kier molecular flexibility index (Phi) is 4.41. The van der Waals surface area contributed by atoms with Crippen molar-refractivity contribution in [2.45, 2.75) is 38.1 Å². The molecule has 1 aromatic carbocycles. The smallest absolute Gasteiger partial charge is 0.0737 e. The molecule has 122 valence electrons. The molecule has 2 atom stereocenters. The molecule has 0 aliphatic carbocycles. The lowest BCUT2D eigenvalue weighted by atomic mass is 9.83. The summed E-state index contributed by atoms with van der Waals surface area (Å²) in [4.78, 5) is 7.16. The first-order valence-corrected chi connectivity index (χ1v) is 9.21. The average Bonchev–Trinajstić information content (AvgIpc) is 2.59. The van der Waals surface area contributed by atoms with Gasteiger partial charge in [-0.3, -0.25) is 4.98 Å². The standard InChI is InChI=1S/C19H24ClN3/c20-15-6-7-16-17(8-9-21-18(16)12-15)22-13-14-4-3-11-23-10-2-1-5-19(14)23/h6-9,12,14,19H,1-5,10-11,13H2,(H,21,22)/t14-,19+/m1/s1. The van der Waals surface area contributed by atoms with Gasteiger partial charge in [-0.1, -0.05) is 18.0 Å². The minimum atomic E-state index is 0.743. The third-order valence-corrected chi connectivity index (χ3v) is 5.72. The summed E-state index contributed by atoms with van der Waals surface area (Å²) in [7, 11) is 0. The first kappa shape index (κ1) is 15.2. The van der Waals surface area contributed by atoms with Crippen LogP contribution in [0.2, 0.25) is 5.02 Å². The largest absolute Gasteiger partial charge is 0.384 e. The Morgan fingerprint density at radius 3 is 3.00 bits per heavy atom. The van der Waals surface area contributed by atoms with Gasteiger partial charge in [0.15, 0.2) is 0 Å². The van der Waals surface area contributed by atoms with E-state index in [4.69, 9.17) is 11.6 Å². The molecule has 2 aliphatic rings. The first-order valence-electron chi connectivity index (χ1n) is 8.83. The molecule has 4 rings (SSSR count). The fourth-order valence-electron chi connectivity index (χ4n) is 4.33. The highest BCUT2D eigenvalue weighted by Crippen LogP contribution is 2.32. The summed E-state index contributed by atoms with van der Waals surface area (Å²) < 4.78 is 0. The van der Waals surface area contributed by atoms with Crippen molar-refractivity contribution in [2.24, 2.45) is 5.92 Å². The molecule has 0 bridgehead atoms. The average molecular weight is 330 g/mol. The van der Waals surface area contributed by atoms with Gasteiger partial charge in [-0.05, 0) is 69.0 Å². The first-order chi connectivity index (χ1) is 11.3. The number of hydrogen-bond acceptors (Lipinski definition) is 3. The van der Waals surface area contributed by atoms with E-state index >= 15 is 0 Å². The van der Waals surface area contributed by atoms with Crippen molar-refractivity contribution in [3.8, 4) is 0 Å². The Balaban J connectivity index is 1.50. The monoisotopic (exact) mass is 329 g/mol. The minimum Gasteiger partial charge on any atom is -0.384 e. The number of nitrogens with one attached hydrogen (secondary N) is 1. The van der Waals surface area contributed by atoms with Crippen LogP contribution in [0.4, 0.5) is 5.69 Å². The number of aromatic nitrogens is 1. The zero-order chi connectivity index (χ0) is 15.6. The van der Waals surface area contributed by atoms with E-state index in [0.29, 0.717) is 0 Å². The lowest BCUT2D eigenvalue weighted by Crippen LogP contribution is -2.49. The van der Waals surface area contributed by atoms with Gasteiger partial charge in [-0.2, -0.15) is 0 Å². The van der Waals surface area contributed by atoms with Gasteiger partial charge >= 0.3 is 0 Å². The van der Waals surface area contributed by atoms with Crippen LogP contribution in [0.25, 0.3) is 10.9 Å². The minimum absolute atomic E-state index is 0.743. The van der Waals surface area contributed by atoms with Crippen molar-refractivity contribution in [2.75, 3.05) is 25.0 Å². The number of piperidine rings is 2. The lowest BCUT2D eigenvalue weighted by molar-refractivity contribution is 0.0649. The van der Waals surface area contributed by atoms with Crippen LogP contribution >= 0.6 is 11.6 Å². The molecule has 0 radical (unpaired) electrons. The maximum Gasteiger partial charge on any atom is 0.0737 e. The Morgan fingerprint density at radius 2 is 2.04 bits per heavy atom. The summed E-state index contributed by atoms with van der Waals surface area (Å²) in [6.07, 6.45) is 8.72. The van der Waals surface area contributed by atoms with Gasteiger partial charge in [0.1, 0.15) is 0 Å². The second-order valence-corrected chi connectivity index (χ2v) is 7.34. The molecule has 23 heavy (non-hydrogen) atoms. The van der Waals surface area contributed by atoms with Crippen LogP contribution in [0.1, 0.15) is 32.1 Å². The Bertz CT molecular complexity index is 685. The fraction of sp³-hybridized carbons (Fsp3) is 0.526. The summed E-state index contributed by atoms with van der Waals surface area (Å²) in [6, 6.07) is 8.82. The van der Waals surface area contributed by atoms with Crippen molar-refractivity contribution >= 4 is 28.2 Å². The summed E-state index contributed by atoms with van der Waals surface area (Å²) in [5.41, 5.74) is 2.14. The van der Waals surface area contributed by atoms with Crippen LogP contribution in [-0.4, -0.2) is 35.6 Å². The zero-order valence-corrected chi connectivity index (χ0v) is 14.2. The molecule has 3 heterocycles. The van der Waals surface area contributed by atoms with E-state index in [0.717, 1.165) is 34.4 Å². The number of fused-ring (bicyclic) bond motifs is 2. The van der Waals surface area contributed by atoms with Crippen LogP contribution in [0, 0.1) is 5.92 Å². The number of nitrogens with zero attached hydrogens (tertiary/aromatic N) is 2. The molecular weight excluding hydrogens is 306 g/mol. The van der Waals surface area contributed by atoms with Gasteiger partial charge in [0.05, 0.1) is 5.52 Å². The number of anilines is 1. The van der Waals surface area contributed by atoms with Gasteiger partial charge < -0.3 is 10.2 Å². The molecule has 2 aliphatic heterocycles. The topological polar surface area (TPSA) is 28.2 Å². The Hall–Kier alpha value is -1.32. The molecular formula is C19H24ClN3. The van der Waals surface area contributed by atoms with E-state index in [9.17, 15) is 0 Å². The molecule has 2 saturated heterocycles. The number of halogens is 1. The van der Waals surface area contributed by atoms with Crippen LogP contribution in [0.3, 0.4) is 0 Å². The van der Waals surface area contributed by atoms with Gasteiger partial charge in [0.2, 0.25) is 0 Å². The predicted octanol–water partition coefficient (Wildman–Crippen LogP) is 4.56. The Labute approximate surface area is 143 Å². The maximum absolute atomic E-state index is 6.08. The highest BCUT2D eigenvalue weighted by atomic mass is 35.5. The molecule has 3 nitrogen and oxygen atoms in total. The van der Waals surface area contributed by atoms with Gasteiger partial charge in [-0.15, -0.1) is 0 Å². The molecule has 1 N–H and O–H groups in total. The summed E-state index contributed by atoms with van der Waals surface area (Å²) in [5.74, 6) is 0.763. The van der Waals surface area contributed by atoms with Gasteiger partial charge in [0, 0.05) is 34.9 Å². The fourth-order valence-corrected chi connectivity index (χ4v) is 4.50. The highest BCUT2D eigenvalue weighted by molar-refractivity contribution is 6.31. The molecule has 2 fully saturated rings. The molecule has 0 saturated carbocycles. The molecule has 0 spiro atoms. The molecule has 1 aromatic heterocycles. The van der Waals surface area contributed by atoms with Crippen molar-refractivity contribution < 1.29 is 0 Å². The zero-order valence-electron chi connectivity index (χ0n) is 13.5. The van der Waals surface area contributed by atoms with E-state index < -0.39 is 0 Å². The number of rotatable bonds is 3. The summed E-state index contributed by atoms with van der Waals surface area (Å²) >= 11 is 6.08. The SMILES string of the molecule is Clc1ccc2c(NC[C@H]3CCCN4CCCC[C@@H]34)ccnc2c1. The van der Waals surface area contributed by atoms with E-state index in [1.807, 2.05) is 18.3 Å². The van der Waals surface area contributed by atoms with Crippen LogP contribution in [-0.2, 0) is 0 Å². The Morgan fingerprint density at radius 1 is 1.13 bits per heavy atom. The second kappa shape index (κ2) is 6.66. The summed E-state index contributed by atoms with van der Waals surface area (Å²) in [5, 5.41) is 5.60. The maximum atomic E-state index is 6.08. The third kappa shape index (κ3) is 3.17.